The molecule has 1 aromatic carbocycles. The molecule has 1 heterocycles. The molecule has 1 amide bonds. The molecule has 0 aliphatic rings. The number of ketones is 1. The minimum Gasteiger partial charge on any atom is -0.458 e. The number of nitrogens with two attached hydrogens (primary N) is 1. The van der Waals surface area contributed by atoms with Crippen LogP contribution in [0.3, 0.4) is 0 Å². The molecule has 0 saturated carbocycles. The molecule has 0 bridgehead atoms. The Balaban J connectivity index is 2.11. The van der Waals surface area contributed by atoms with Crippen molar-refractivity contribution in [2.24, 2.45) is 12.8 Å². The van der Waals surface area contributed by atoms with Crippen LogP contribution < -0.4 is 11.1 Å². The summed E-state index contributed by atoms with van der Waals surface area (Å²) in [7, 11) is 1.93. The summed E-state index contributed by atoms with van der Waals surface area (Å²) in [5.41, 5.74) is 7.36. The Morgan fingerprint density at radius 3 is 2.57 bits per heavy atom. The number of carbonyl (C=O) groups is 3. The normalized spacial score (nSPS) is 13.5. The van der Waals surface area contributed by atoms with E-state index < -0.39 is 35.3 Å². The highest BCUT2D eigenvalue weighted by Gasteiger charge is 2.29. The number of amides is 1. The number of hydrogen-bond donors (Lipinski definition) is 3. The molecule has 2 atom stereocenters. The zero-order valence-electron chi connectivity index (χ0n) is 17.9. The molecule has 8 nitrogen and oxygen atoms in total. The number of aryl methyl sites for hydroxylation is 1. The summed E-state index contributed by atoms with van der Waals surface area (Å²) in [6, 6.07) is 5.94. The lowest BCUT2D eigenvalue weighted by Crippen LogP contribution is -2.50. The van der Waals surface area contributed by atoms with Crippen molar-refractivity contribution in [3.63, 3.8) is 0 Å². The lowest BCUT2D eigenvalue weighted by atomic mass is 10.0. The lowest BCUT2D eigenvalue weighted by Gasteiger charge is -2.25. The fraction of sp³-hybridized carbons (Fsp3) is 0.455. The third-order valence-corrected chi connectivity index (χ3v) is 4.60. The van der Waals surface area contributed by atoms with Gasteiger partial charge in [-0.25, -0.2) is 4.79 Å². The average Bonchev–Trinajstić information content (AvgIpc) is 2.99. The van der Waals surface area contributed by atoms with E-state index in [2.05, 4.69) is 5.32 Å². The van der Waals surface area contributed by atoms with E-state index in [9.17, 15) is 14.4 Å². The molecule has 0 saturated heterocycles. The minimum atomic E-state index is -1.01. The number of benzene rings is 1. The highest BCUT2D eigenvalue weighted by Crippen LogP contribution is 2.21. The van der Waals surface area contributed by atoms with Crippen LogP contribution in [0.1, 0.15) is 39.2 Å². The van der Waals surface area contributed by atoms with Crippen molar-refractivity contribution >= 4 is 34.8 Å². The van der Waals surface area contributed by atoms with E-state index in [1.54, 1.807) is 20.8 Å². The Labute approximate surface area is 176 Å². The SMILES string of the molecule is Cn1cc(C[C@H](N)C(=O)N[C@@H](CCC(=O)C=N)C(=O)OC(C)(C)C)c2ccccc21. The van der Waals surface area contributed by atoms with Crippen molar-refractivity contribution in [1.29, 1.82) is 5.41 Å². The first-order chi connectivity index (χ1) is 14.0. The Morgan fingerprint density at radius 2 is 1.93 bits per heavy atom. The quantitative estimate of drug-likeness (QED) is 0.426. The first kappa shape index (κ1) is 23.3. The number of aromatic nitrogens is 1. The highest BCUT2D eigenvalue weighted by atomic mass is 16.6. The van der Waals surface area contributed by atoms with Crippen molar-refractivity contribution in [2.75, 3.05) is 0 Å². The van der Waals surface area contributed by atoms with Crippen LogP contribution in [0.2, 0.25) is 0 Å². The number of nitrogens with one attached hydrogen (secondary N) is 2. The van der Waals surface area contributed by atoms with Gasteiger partial charge in [-0.05, 0) is 45.2 Å². The predicted molar refractivity (Wildman–Crippen MR) is 115 cm³/mol. The number of esters is 1. The number of ether oxygens (including phenoxy) is 1. The predicted octanol–water partition coefficient (Wildman–Crippen LogP) is 1.87. The largest absolute Gasteiger partial charge is 0.458 e. The van der Waals surface area contributed by atoms with E-state index >= 15 is 0 Å². The molecule has 4 N–H and O–H groups in total. The Kier molecular flexibility index (Phi) is 7.50. The molecule has 2 rings (SSSR count). The highest BCUT2D eigenvalue weighted by molar-refractivity contribution is 6.26. The molecule has 8 heteroatoms. The fourth-order valence-electron chi connectivity index (χ4n) is 3.18. The molecule has 0 unspecified atom stereocenters. The van der Waals surface area contributed by atoms with Gasteiger partial charge in [0.25, 0.3) is 0 Å². The van der Waals surface area contributed by atoms with Gasteiger partial charge in [-0.2, -0.15) is 0 Å². The maximum absolute atomic E-state index is 12.7. The van der Waals surface area contributed by atoms with Gasteiger partial charge in [0.2, 0.25) is 5.91 Å². The van der Waals surface area contributed by atoms with Crippen LogP contribution in [0.25, 0.3) is 10.9 Å². The maximum Gasteiger partial charge on any atom is 0.329 e. The van der Waals surface area contributed by atoms with Gasteiger partial charge in [0, 0.05) is 30.6 Å². The molecule has 0 aliphatic heterocycles. The summed E-state index contributed by atoms with van der Waals surface area (Å²) in [5.74, 6) is -1.56. The summed E-state index contributed by atoms with van der Waals surface area (Å²) in [4.78, 5) is 36.7. The number of fused-ring (bicyclic) bond motifs is 1. The Morgan fingerprint density at radius 1 is 1.27 bits per heavy atom. The van der Waals surface area contributed by atoms with Crippen LogP contribution in [0.4, 0.5) is 0 Å². The summed E-state index contributed by atoms with van der Waals surface area (Å²) < 4.78 is 7.33. The maximum atomic E-state index is 12.7. The topological polar surface area (TPSA) is 127 Å². The van der Waals surface area contributed by atoms with Gasteiger partial charge in [-0.1, -0.05) is 18.2 Å². The Hall–Kier alpha value is -3.00. The number of Topliss-reactive ketones (excluding diaryl/α,β-unsaturated/α-hetero) is 1. The van der Waals surface area contributed by atoms with Gasteiger partial charge in [-0.3, -0.25) is 9.59 Å². The third kappa shape index (κ3) is 6.25. The van der Waals surface area contributed by atoms with Crippen molar-refractivity contribution in [1.82, 2.24) is 9.88 Å². The third-order valence-electron chi connectivity index (χ3n) is 4.60. The van der Waals surface area contributed by atoms with Crippen LogP contribution in [0, 0.1) is 5.41 Å². The second-order valence-corrected chi connectivity index (χ2v) is 8.34. The van der Waals surface area contributed by atoms with Crippen molar-refractivity contribution < 1.29 is 19.1 Å². The Bertz CT molecular complexity index is 942. The molecule has 1 aromatic heterocycles. The smallest absolute Gasteiger partial charge is 0.329 e. The number of para-hydroxylation sites is 1. The molecule has 162 valence electrons. The molecule has 2 aromatic rings. The number of hydrogen-bond acceptors (Lipinski definition) is 6. The number of carbonyl (C=O) groups excluding carboxylic acids is 3. The second kappa shape index (κ2) is 9.67. The average molecular weight is 415 g/mol. The van der Waals surface area contributed by atoms with Gasteiger partial charge in [0.15, 0.2) is 5.78 Å². The van der Waals surface area contributed by atoms with Gasteiger partial charge in [0.1, 0.15) is 11.6 Å². The van der Waals surface area contributed by atoms with Crippen LogP contribution in [-0.2, 0) is 32.6 Å². The minimum absolute atomic E-state index is 0.0376. The molecule has 30 heavy (non-hydrogen) atoms. The van der Waals surface area contributed by atoms with Gasteiger partial charge >= 0.3 is 5.97 Å². The summed E-state index contributed by atoms with van der Waals surface area (Å²) >= 11 is 0. The zero-order chi connectivity index (χ0) is 22.5. The van der Waals surface area contributed by atoms with Crippen molar-refractivity contribution in [3.8, 4) is 0 Å². The van der Waals surface area contributed by atoms with Crippen LogP contribution >= 0.6 is 0 Å². The number of rotatable bonds is 9. The first-order valence-electron chi connectivity index (χ1n) is 9.87. The van der Waals surface area contributed by atoms with E-state index in [-0.39, 0.29) is 12.8 Å². The molecular formula is C22H30N4O4. The lowest BCUT2D eigenvalue weighted by molar-refractivity contribution is -0.159. The molecule has 0 spiro atoms. The van der Waals surface area contributed by atoms with E-state index in [0.717, 1.165) is 16.5 Å². The summed E-state index contributed by atoms with van der Waals surface area (Å²) in [6.07, 6.45) is 2.92. The van der Waals surface area contributed by atoms with Gasteiger partial charge in [-0.15, -0.1) is 0 Å². The molecular weight excluding hydrogens is 384 g/mol. The summed E-state index contributed by atoms with van der Waals surface area (Å²) in [5, 5.41) is 10.6. The standard InChI is InChI=1S/C22H30N4O4/c1-22(2,3)30-21(29)18(10-9-15(27)12-23)25-20(28)17(24)11-14-13-26(4)19-8-6-5-7-16(14)19/h5-8,12-13,17-18,23H,9-11,24H2,1-4H3,(H,25,28)/t17-,18-/m0/s1. The van der Waals surface area contributed by atoms with Gasteiger partial charge < -0.3 is 25.8 Å². The first-order valence-corrected chi connectivity index (χ1v) is 9.87. The van der Waals surface area contributed by atoms with Gasteiger partial charge in [0.05, 0.1) is 12.3 Å². The second-order valence-electron chi connectivity index (χ2n) is 8.34. The van der Waals surface area contributed by atoms with E-state index in [0.29, 0.717) is 12.6 Å². The van der Waals surface area contributed by atoms with Crippen LogP contribution in [0.5, 0.6) is 0 Å². The number of nitrogens with zero attached hydrogens (tertiary/aromatic N) is 1. The van der Waals surface area contributed by atoms with Crippen molar-refractivity contribution in [3.05, 3.63) is 36.0 Å². The van der Waals surface area contributed by atoms with E-state index in [1.165, 1.54) is 0 Å². The monoisotopic (exact) mass is 414 g/mol. The van der Waals surface area contributed by atoms with Crippen molar-refractivity contribution in [2.45, 2.75) is 57.7 Å². The van der Waals surface area contributed by atoms with Crippen LogP contribution in [-0.4, -0.2) is 46.1 Å². The molecule has 0 aliphatic carbocycles. The molecule has 0 fully saturated rings. The summed E-state index contributed by atoms with van der Waals surface area (Å²) in [6.45, 7) is 5.16. The molecule has 0 radical (unpaired) electrons. The van der Waals surface area contributed by atoms with Crippen LogP contribution in [0.15, 0.2) is 30.5 Å². The van der Waals surface area contributed by atoms with E-state index in [1.807, 2.05) is 42.1 Å². The fourth-order valence-corrected chi connectivity index (χ4v) is 3.18. The van der Waals surface area contributed by atoms with E-state index in [4.69, 9.17) is 15.9 Å². The zero-order valence-corrected chi connectivity index (χ0v) is 17.9.